The average molecular weight is 392 g/mol. The van der Waals surface area contributed by atoms with Crippen molar-refractivity contribution in [3.63, 3.8) is 0 Å². The van der Waals surface area contributed by atoms with Crippen LogP contribution in [0.25, 0.3) is 0 Å². The van der Waals surface area contributed by atoms with Gasteiger partial charge in [-0.05, 0) is 23.0 Å². The van der Waals surface area contributed by atoms with E-state index < -0.39 is 0 Å². The van der Waals surface area contributed by atoms with Gasteiger partial charge in [-0.2, -0.15) is 0 Å². The first kappa shape index (κ1) is 21.2. The Balaban J connectivity index is 0.00000220. The van der Waals surface area contributed by atoms with Crippen LogP contribution < -0.4 is 0 Å². The van der Waals surface area contributed by atoms with Gasteiger partial charge in [-0.1, -0.05) is 53.7 Å². The number of nitrogens with zero attached hydrogens (tertiary/aromatic N) is 2. The van der Waals surface area contributed by atoms with Crippen molar-refractivity contribution >= 4 is 5.71 Å². The molecule has 0 bridgehead atoms. The second-order valence-electron chi connectivity index (χ2n) is 7.75. The maximum atomic E-state index is 4.60. The van der Waals surface area contributed by atoms with Crippen molar-refractivity contribution < 1.29 is 20.4 Å². The molecule has 3 heteroatoms. The first-order valence-electron chi connectivity index (χ1n) is 7.33. The van der Waals surface area contributed by atoms with Crippen LogP contribution in [0, 0.1) is 23.7 Å². The van der Waals surface area contributed by atoms with E-state index in [1.165, 1.54) is 0 Å². The van der Waals surface area contributed by atoms with Gasteiger partial charge in [-0.15, -0.1) is 0 Å². The first-order valence-corrected chi connectivity index (χ1v) is 7.33. The number of hydrogen-bond donors (Lipinski definition) is 0. The molecule has 0 unspecified atom stereocenters. The van der Waals surface area contributed by atoms with Crippen LogP contribution >= 0.6 is 0 Å². The Morgan fingerprint density at radius 2 is 1.59 bits per heavy atom. The topological polar surface area (TPSA) is 25.2 Å². The zero-order valence-corrected chi connectivity index (χ0v) is 16.4. The van der Waals surface area contributed by atoms with Crippen LogP contribution in [0.1, 0.15) is 53.7 Å². The maximum absolute atomic E-state index is 4.60. The molecule has 1 aliphatic heterocycles. The van der Waals surface area contributed by atoms with E-state index in [0.717, 1.165) is 17.8 Å². The predicted molar refractivity (Wildman–Crippen MR) is 92.3 cm³/mol. The van der Waals surface area contributed by atoms with Crippen molar-refractivity contribution in [1.29, 1.82) is 0 Å². The minimum absolute atomic E-state index is 0. The van der Waals surface area contributed by atoms with Crippen molar-refractivity contribution in [3.05, 3.63) is 49.8 Å². The number of rotatable bonds is 1. The summed E-state index contributed by atoms with van der Waals surface area (Å²) < 4.78 is 0. The molecule has 0 atom stereocenters. The first-order chi connectivity index (χ1) is 9.17. The Bertz CT molecular complexity index is 517. The molecule has 2 rings (SSSR count). The number of hydrogen-bond acceptors (Lipinski definition) is 2. The van der Waals surface area contributed by atoms with Crippen molar-refractivity contribution in [2.45, 2.75) is 48.0 Å². The van der Waals surface area contributed by atoms with Crippen LogP contribution in [-0.4, -0.2) is 10.7 Å². The third kappa shape index (κ3) is 3.76. The van der Waals surface area contributed by atoms with Gasteiger partial charge in [0.2, 0.25) is 0 Å². The Hall–Kier alpha value is -0.778. The molecule has 0 fully saturated rings. The van der Waals surface area contributed by atoms with Crippen molar-refractivity contribution in [2.24, 2.45) is 21.2 Å². The van der Waals surface area contributed by atoms with Crippen LogP contribution in [0.4, 0.5) is 0 Å². The number of allylic oxidation sites excluding steroid dienone is 1. The molecule has 0 amide bonds. The predicted octanol–water partition coefficient (Wildman–Crippen LogP) is 5.31. The number of aromatic nitrogens is 1. The van der Waals surface area contributed by atoms with Gasteiger partial charge in [0.15, 0.2) is 0 Å². The summed E-state index contributed by atoms with van der Waals surface area (Å²) in [5, 5.41) is 0. The molecule has 126 valence electrons. The average Bonchev–Trinajstić information content (AvgIpc) is 2.37. The molecule has 2 nitrogen and oxygen atoms in total. The van der Waals surface area contributed by atoms with Crippen LogP contribution in [0.5, 0.6) is 0 Å². The van der Waals surface area contributed by atoms with E-state index in [-0.39, 0.29) is 44.1 Å². The Labute approximate surface area is 150 Å². The summed E-state index contributed by atoms with van der Waals surface area (Å²) in [7, 11) is 0. The summed E-state index contributed by atoms with van der Waals surface area (Å²) in [5.41, 5.74) is 2.50. The molecule has 0 radical (unpaired) electrons. The molecule has 0 saturated heterocycles. The fraction of sp³-hybridized carbons (Fsp3) is 0.526. The van der Waals surface area contributed by atoms with Crippen LogP contribution in [0.2, 0.25) is 0 Å². The third-order valence-electron chi connectivity index (χ3n) is 4.67. The second-order valence-corrected chi connectivity index (χ2v) is 7.75. The molecule has 0 saturated carbocycles. The number of pyridine rings is 1. The van der Waals surface area contributed by atoms with Gasteiger partial charge in [0.25, 0.3) is 0 Å². The van der Waals surface area contributed by atoms with E-state index >= 15 is 0 Å². The van der Waals surface area contributed by atoms with E-state index in [1.54, 1.807) is 0 Å². The van der Waals surface area contributed by atoms with E-state index in [1.807, 2.05) is 30.6 Å². The summed E-state index contributed by atoms with van der Waals surface area (Å²) in [6.45, 7) is 13.9. The van der Waals surface area contributed by atoms with E-state index in [2.05, 4.69) is 57.6 Å². The fourth-order valence-corrected chi connectivity index (χ4v) is 3.47. The maximum Gasteiger partial charge on any atom is 0.0844 e. The molecule has 1 aromatic rings. The van der Waals surface area contributed by atoms with Crippen LogP contribution in [0.3, 0.4) is 0 Å². The molecular formula is C19H29N2Pd-. The molecular weight excluding hydrogens is 363 g/mol. The number of aliphatic imine (C=N–C) groups is 1. The molecule has 1 aromatic heterocycles. The van der Waals surface area contributed by atoms with Gasteiger partial charge >= 0.3 is 0 Å². The van der Waals surface area contributed by atoms with Gasteiger partial charge in [-0.25, -0.2) is 0 Å². The normalized spacial score (nSPS) is 17.1. The monoisotopic (exact) mass is 391 g/mol. The molecule has 22 heavy (non-hydrogen) atoms. The molecule has 2 heterocycles. The summed E-state index contributed by atoms with van der Waals surface area (Å²) in [4.78, 5) is 9.06. The fourth-order valence-electron chi connectivity index (χ4n) is 3.47. The van der Waals surface area contributed by atoms with Gasteiger partial charge in [0.05, 0.1) is 11.4 Å². The van der Waals surface area contributed by atoms with Gasteiger partial charge < -0.3 is 7.43 Å². The summed E-state index contributed by atoms with van der Waals surface area (Å²) >= 11 is 0. The molecule has 0 spiro atoms. The minimum Gasteiger partial charge on any atom is -0.358 e. The van der Waals surface area contributed by atoms with Gasteiger partial charge in [-0.3, -0.25) is 9.98 Å². The Morgan fingerprint density at radius 1 is 1.00 bits per heavy atom. The van der Waals surface area contributed by atoms with Crippen molar-refractivity contribution in [2.75, 3.05) is 0 Å². The van der Waals surface area contributed by atoms with Crippen LogP contribution in [0.15, 0.2) is 41.7 Å². The molecule has 0 aliphatic carbocycles. The van der Waals surface area contributed by atoms with E-state index in [9.17, 15) is 0 Å². The summed E-state index contributed by atoms with van der Waals surface area (Å²) in [6.07, 6.45) is 7.06. The van der Waals surface area contributed by atoms with E-state index in [0.29, 0.717) is 0 Å². The largest absolute Gasteiger partial charge is 0.358 e. The quantitative estimate of drug-likeness (QED) is 0.470. The molecule has 1 aliphatic rings. The van der Waals surface area contributed by atoms with Crippen molar-refractivity contribution in [1.82, 2.24) is 4.98 Å². The minimum atomic E-state index is 0. The standard InChI is InChI=1S/C18H26N2.CH3.Pd/c1-16(2,3)18(17(4,5)6)10-12-20-15(13-18)14-9-7-8-11-19-14;;/h7-12H,13H2,1-6H3;1H3;/q;-1;. The Morgan fingerprint density at radius 3 is 2.05 bits per heavy atom. The van der Waals surface area contributed by atoms with Gasteiger partial charge in [0.1, 0.15) is 0 Å². The SMILES string of the molecule is CC(C)(C)C1(C(C)(C)C)C=CN=C(c2ccccn2)C1.[CH3-].[Pd]. The Kier molecular flexibility index (Phi) is 6.94. The van der Waals surface area contributed by atoms with Gasteiger partial charge in [0, 0.05) is 44.7 Å². The summed E-state index contributed by atoms with van der Waals surface area (Å²) in [6, 6.07) is 6.02. The summed E-state index contributed by atoms with van der Waals surface area (Å²) in [5.74, 6) is 0. The molecule has 0 aromatic carbocycles. The van der Waals surface area contributed by atoms with Crippen molar-refractivity contribution in [3.8, 4) is 0 Å². The third-order valence-corrected chi connectivity index (χ3v) is 4.67. The molecule has 0 N–H and O–H groups in total. The second kappa shape index (κ2) is 7.20. The zero-order chi connectivity index (χ0) is 15.0. The van der Waals surface area contributed by atoms with Crippen LogP contribution in [-0.2, 0) is 20.4 Å². The zero-order valence-electron chi connectivity index (χ0n) is 14.9. The van der Waals surface area contributed by atoms with E-state index in [4.69, 9.17) is 0 Å². The smallest absolute Gasteiger partial charge is 0.0844 e.